The number of halogens is 1. The van der Waals surface area contributed by atoms with E-state index in [0.29, 0.717) is 12.0 Å². The number of benzene rings is 1. The Morgan fingerprint density at radius 2 is 2.05 bits per heavy atom. The molecule has 0 spiro atoms. The average Bonchev–Trinajstić information content (AvgIpc) is 2.92. The molecule has 2 aromatic rings. The van der Waals surface area contributed by atoms with Gasteiger partial charge in [-0.2, -0.15) is 0 Å². The molecule has 5 nitrogen and oxygen atoms in total. The minimum atomic E-state index is -0.331. The van der Waals surface area contributed by atoms with Gasteiger partial charge in [0, 0.05) is 17.7 Å². The van der Waals surface area contributed by atoms with Gasteiger partial charge in [0.25, 0.3) is 0 Å². The van der Waals surface area contributed by atoms with Gasteiger partial charge in [0.1, 0.15) is 5.82 Å². The highest BCUT2D eigenvalue weighted by molar-refractivity contribution is 7.99. The molecule has 0 bridgehead atoms. The highest BCUT2D eigenvalue weighted by atomic mass is 32.2. The number of aromatic nitrogens is 4. The first-order chi connectivity index (χ1) is 10.1. The van der Waals surface area contributed by atoms with Gasteiger partial charge in [-0.25, -0.2) is 9.07 Å². The first-order valence-electron chi connectivity index (χ1n) is 6.77. The lowest BCUT2D eigenvalue weighted by molar-refractivity contribution is 0.0982. The van der Waals surface area contributed by atoms with Gasteiger partial charge in [-0.1, -0.05) is 11.8 Å². The van der Waals surface area contributed by atoms with Crippen molar-refractivity contribution < 1.29 is 9.18 Å². The van der Waals surface area contributed by atoms with Gasteiger partial charge in [-0.15, -0.1) is 5.10 Å². The molecule has 2 rings (SSSR count). The first kappa shape index (κ1) is 15.6. The number of ketones is 1. The molecule has 1 heterocycles. The zero-order valence-corrected chi connectivity index (χ0v) is 12.8. The fraction of sp³-hybridized carbons (Fsp3) is 0.429. The van der Waals surface area contributed by atoms with E-state index in [1.165, 1.54) is 36.0 Å². The summed E-state index contributed by atoms with van der Waals surface area (Å²) >= 11 is 1.54. The molecule has 0 saturated heterocycles. The van der Waals surface area contributed by atoms with Gasteiger partial charge < -0.3 is 0 Å². The van der Waals surface area contributed by atoms with E-state index in [2.05, 4.69) is 15.5 Å². The summed E-state index contributed by atoms with van der Waals surface area (Å²) in [5, 5.41) is 12.3. The molecule has 1 aromatic carbocycles. The van der Waals surface area contributed by atoms with E-state index in [9.17, 15) is 9.18 Å². The van der Waals surface area contributed by atoms with Gasteiger partial charge in [-0.05, 0) is 55.0 Å². The van der Waals surface area contributed by atoms with Crippen molar-refractivity contribution in [3.63, 3.8) is 0 Å². The predicted octanol–water partition coefficient (Wildman–Crippen LogP) is 3.15. The van der Waals surface area contributed by atoms with Crippen molar-refractivity contribution in [2.45, 2.75) is 37.9 Å². The standard InChI is InChI=1S/C14H17FN4OS/c1-10(2)19-14(16-17-18-19)21-9-3-4-13(20)11-5-7-12(15)8-6-11/h5-8,10H,3-4,9H2,1-2H3. The van der Waals surface area contributed by atoms with E-state index in [-0.39, 0.29) is 17.6 Å². The number of carbonyl (C=O) groups excluding carboxylic acids is 1. The third-order valence-electron chi connectivity index (χ3n) is 2.90. The predicted molar refractivity (Wildman–Crippen MR) is 78.9 cm³/mol. The number of hydrogen-bond acceptors (Lipinski definition) is 5. The Kier molecular flexibility index (Phi) is 5.44. The van der Waals surface area contributed by atoms with E-state index in [1.807, 2.05) is 13.8 Å². The maximum atomic E-state index is 12.8. The van der Waals surface area contributed by atoms with Crippen LogP contribution in [0.2, 0.25) is 0 Å². The van der Waals surface area contributed by atoms with Crippen molar-refractivity contribution >= 4 is 17.5 Å². The van der Waals surface area contributed by atoms with Crippen molar-refractivity contribution in [2.24, 2.45) is 0 Å². The molecule has 0 radical (unpaired) electrons. The van der Waals surface area contributed by atoms with E-state index in [4.69, 9.17) is 0 Å². The molecule has 1 aromatic heterocycles. The Morgan fingerprint density at radius 1 is 1.33 bits per heavy atom. The van der Waals surface area contributed by atoms with Crippen LogP contribution in [0.5, 0.6) is 0 Å². The second-order valence-corrected chi connectivity index (χ2v) is 5.94. The zero-order chi connectivity index (χ0) is 15.2. The molecular weight excluding hydrogens is 291 g/mol. The number of rotatable bonds is 7. The Labute approximate surface area is 126 Å². The van der Waals surface area contributed by atoms with Crippen LogP contribution in [-0.2, 0) is 0 Å². The van der Waals surface area contributed by atoms with E-state index >= 15 is 0 Å². The third kappa shape index (κ3) is 4.35. The van der Waals surface area contributed by atoms with Gasteiger partial charge >= 0.3 is 0 Å². The van der Waals surface area contributed by atoms with Crippen LogP contribution in [-0.4, -0.2) is 31.7 Å². The smallest absolute Gasteiger partial charge is 0.209 e. The molecule has 112 valence electrons. The largest absolute Gasteiger partial charge is 0.294 e. The van der Waals surface area contributed by atoms with Crippen LogP contribution < -0.4 is 0 Å². The number of Topliss-reactive ketones (excluding diaryl/α,β-unsaturated/α-hetero) is 1. The molecule has 0 unspecified atom stereocenters. The maximum Gasteiger partial charge on any atom is 0.209 e. The normalized spacial score (nSPS) is 11.0. The number of hydrogen-bond donors (Lipinski definition) is 0. The summed E-state index contributed by atoms with van der Waals surface area (Å²) in [4.78, 5) is 11.9. The van der Waals surface area contributed by atoms with Crippen molar-refractivity contribution in [3.05, 3.63) is 35.6 Å². The summed E-state index contributed by atoms with van der Waals surface area (Å²) in [5.74, 6) is 0.460. The summed E-state index contributed by atoms with van der Waals surface area (Å²) in [6.07, 6.45) is 1.16. The first-order valence-corrected chi connectivity index (χ1v) is 7.76. The summed E-state index contributed by atoms with van der Waals surface area (Å²) in [7, 11) is 0. The van der Waals surface area contributed by atoms with E-state index < -0.39 is 0 Å². The van der Waals surface area contributed by atoms with Crippen LogP contribution >= 0.6 is 11.8 Å². The van der Waals surface area contributed by atoms with Gasteiger partial charge in [0.05, 0.1) is 6.04 Å². The fourth-order valence-corrected chi connectivity index (χ4v) is 2.73. The van der Waals surface area contributed by atoms with Crippen molar-refractivity contribution in [2.75, 3.05) is 5.75 Å². The minimum absolute atomic E-state index is 0.0269. The maximum absolute atomic E-state index is 12.8. The molecule has 0 atom stereocenters. The lowest BCUT2D eigenvalue weighted by atomic mass is 10.1. The van der Waals surface area contributed by atoms with Crippen LogP contribution in [0, 0.1) is 5.82 Å². The molecule has 0 N–H and O–H groups in total. The summed E-state index contributed by atoms with van der Waals surface area (Å²) in [6.45, 7) is 4.02. The van der Waals surface area contributed by atoms with Gasteiger partial charge in [0.15, 0.2) is 5.78 Å². The molecule has 0 fully saturated rings. The molecule has 0 aliphatic carbocycles. The van der Waals surface area contributed by atoms with E-state index in [1.54, 1.807) is 4.68 Å². The van der Waals surface area contributed by atoms with Crippen molar-refractivity contribution in [1.82, 2.24) is 20.2 Å². The van der Waals surface area contributed by atoms with Crippen LogP contribution in [0.25, 0.3) is 0 Å². The molecule has 7 heteroatoms. The summed E-state index contributed by atoms with van der Waals surface area (Å²) < 4.78 is 14.5. The summed E-state index contributed by atoms with van der Waals surface area (Å²) in [5.41, 5.74) is 0.549. The SMILES string of the molecule is CC(C)n1nnnc1SCCCC(=O)c1ccc(F)cc1. The fourth-order valence-electron chi connectivity index (χ4n) is 1.78. The minimum Gasteiger partial charge on any atom is -0.294 e. The van der Waals surface area contributed by atoms with Gasteiger partial charge in [0.2, 0.25) is 5.16 Å². The second-order valence-electron chi connectivity index (χ2n) is 4.88. The third-order valence-corrected chi connectivity index (χ3v) is 3.92. The number of nitrogens with zero attached hydrogens (tertiary/aromatic N) is 4. The molecular formula is C14H17FN4OS. The lowest BCUT2D eigenvalue weighted by Crippen LogP contribution is -2.05. The van der Waals surface area contributed by atoms with Crippen LogP contribution in [0.3, 0.4) is 0 Å². The van der Waals surface area contributed by atoms with Crippen LogP contribution in [0.4, 0.5) is 4.39 Å². The monoisotopic (exact) mass is 308 g/mol. The average molecular weight is 308 g/mol. The number of thioether (sulfide) groups is 1. The number of carbonyl (C=O) groups is 1. The highest BCUT2D eigenvalue weighted by Crippen LogP contribution is 2.19. The number of tetrazole rings is 1. The van der Waals surface area contributed by atoms with E-state index in [0.717, 1.165) is 17.3 Å². The molecule has 0 saturated carbocycles. The highest BCUT2D eigenvalue weighted by Gasteiger charge is 2.10. The molecule has 0 aliphatic rings. The van der Waals surface area contributed by atoms with Crippen molar-refractivity contribution in [1.29, 1.82) is 0 Å². The summed E-state index contributed by atoms with van der Waals surface area (Å²) in [6, 6.07) is 5.86. The van der Waals surface area contributed by atoms with Crippen LogP contribution in [0.1, 0.15) is 43.1 Å². The van der Waals surface area contributed by atoms with Crippen molar-refractivity contribution in [3.8, 4) is 0 Å². The molecule has 21 heavy (non-hydrogen) atoms. The molecule has 0 aliphatic heterocycles. The van der Waals surface area contributed by atoms with Crippen LogP contribution in [0.15, 0.2) is 29.4 Å². The Hall–Kier alpha value is -1.76. The zero-order valence-electron chi connectivity index (χ0n) is 12.0. The lowest BCUT2D eigenvalue weighted by Gasteiger charge is -2.06. The topological polar surface area (TPSA) is 60.7 Å². The quantitative estimate of drug-likeness (QED) is 0.447. The Morgan fingerprint density at radius 3 is 2.71 bits per heavy atom. The second kappa shape index (κ2) is 7.31. The van der Waals surface area contributed by atoms with Gasteiger partial charge in [-0.3, -0.25) is 4.79 Å². The Balaban J connectivity index is 1.78. The molecule has 0 amide bonds. The Bertz CT molecular complexity index is 597.